The molecule has 0 heterocycles. The third-order valence-electron chi connectivity index (χ3n) is 1.73. The zero-order chi connectivity index (χ0) is 8.85. The maximum atomic E-state index is 5.87. The van der Waals surface area contributed by atoms with Crippen molar-refractivity contribution >= 4 is 33.4 Å². The molecule has 1 aliphatic rings. The second-order valence-electron chi connectivity index (χ2n) is 2.55. The van der Waals surface area contributed by atoms with Gasteiger partial charge < -0.3 is 0 Å². The fraction of sp³-hybridized carbons (Fsp3) is 0.750. The van der Waals surface area contributed by atoms with E-state index in [1.165, 1.54) is 23.1 Å². The molecule has 0 aromatic carbocycles. The van der Waals surface area contributed by atoms with E-state index in [9.17, 15) is 0 Å². The van der Waals surface area contributed by atoms with Crippen molar-refractivity contribution in [1.29, 1.82) is 0 Å². The number of allylic oxidation sites excluding steroid dienone is 2. The van der Waals surface area contributed by atoms with E-state index in [1.54, 1.807) is 0 Å². The molecule has 1 rings (SSSR count). The van der Waals surface area contributed by atoms with Crippen molar-refractivity contribution in [2.75, 3.05) is 0 Å². The summed E-state index contributed by atoms with van der Waals surface area (Å²) in [5.41, 5.74) is 0. The van der Waals surface area contributed by atoms with E-state index in [1.807, 2.05) is 0 Å². The first-order valence-corrected chi connectivity index (χ1v) is 7.01. The Hall–Kier alpha value is 0.537. The third-order valence-corrected chi connectivity index (χ3v) is 2.82. The third kappa shape index (κ3) is 3.63. The van der Waals surface area contributed by atoms with E-state index >= 15 is 0 Å². The Morgan fingerprint density at radius 1 is 1.36 bits per heavy atom. The van der Waals surface area contributed by atoms with Crippen LogP contribution in [0.25, 0.3) is 0 Å². The summed E-state index contributed by atoms with van der Waals surface area (Å²) in [4.78, 5) is 0. The Bertz CT molecular complexity index is 143. The van der Waals surface area contributed by atoms with Crippen LogP contribution in [-0.4, -0.2) is 10.2 Å². The van der Waals surface area contributed by atoms with E-state index in [4.69, 9.17) is 23.2 Å². The molecule has 0 N–H and O–H groups in total. The normalized spacial score (nSPS) is 24.5. The molecule has 0 aliphatic heterocycles. The van der Waals surface area contributed by atoms with Gasteiger partial charge in [-0.25, -0.2) is 0 Å². The van der Waals surface area contributed by atoms with E-state index < -0.39 is 0 Å². The van der Waals surface area contributed by atoms with Crippen LogP contribution in [0, 0.1) is 5.92 Å². The Labute approximate surface area is 82.4 Å². The Morgan fingerprint density at radius 3 is 2.27 bits per heavy atom. The number of hydrogen-bond donors (Lipinski definition) is 0. The van der Waals surface area contributed by atoms with Crippen LogP contribution in [0.5, 0.6) is 0 Å². The number of hydrogen-bond acceptors (Lipinski definition) is 0. The summed E-state index contributed by atoms with van der Waals surface area (Å²) in [6.45, 7) is 4.25. The summed E-state index contributed by atoms with van der Waals surface area (Å²) >= 11 is 11.7. The molecule has 0 nitrogen and oxygen atoms in total. The highest BCUT2D eigenvalue weighted by molar-refractivity contribution is 6.39. The monoisotopic (exact) mass is 210 g/mol. The van der Waals surface area contributed by atoms with Crippen LogP contribution in [0.1, 0.15) is 26.2 Å². The zero-order valence-corrected chi connectivity index (χ0v) is 11.0. The highest BCUT2D eigenvalue weighted by Gasteiger charge is 2.15. The molecule has 0 aromatic heterocycles. The van der Waals surface area contributed by atoms with Gasteiger partial charge in [0, 0.05) is 10.1 Å². The van der Waals surface area contributed by atoms with E-state index in [2.05, 4.69) is 13.5 Å². The van der Waals surface area contributed by atoms with Gasteiger partial charge in [0.05, 0.1) is 0 Å². The molecule has 66 valence electrons. The van der Waals surface area contributed by atoms with E-state index in [-0.39, 0.29) is 0 Å². The molecule has 0 saturated heterocycles. The Morgan fingerprint density at radius 2 is 1.91 bits per heavy atom. The smallest absolute Gasteiger partial charge is 0.0354 e. The maximum absolute atomic E-state index is 5.87. The minimum atomic E-state index is 0.493. The fourth-order valence-corrected chi connectivity index (χ4v) is 1.60. The van der Waals surface area contributed by atoms with Crippen LogP contribution >= 0.6 is 23.2 Å². The molecule has 0 spiro atoms. The van der Waals surface area contributed by atoms with E-state index in [0.717, 1.165) is 16.5 Å². The number of halogens is 2. The van der Waals surface area contributed by atoms with Gasteiger partial charge in [0.1, 0.15) is 0 Å². The highest BCUT2D eigenvalue weighted by atomic mass is 35.5. The average molecular weight is 211 g/mol. The van der Waals surface area contributed by atoms with Crippen LogP contribution in [0.15, 0.2) is 10.1 Å². The molecule has 1 atom stereocenters. The highest BCUT2D eigenvalue weighted by Crippen LogP contribution is 2.33. The van der Waals surface area contributed by atoms with Gasteiger partial charge in [-0.15, -0.1) is 0 Å². The maximum Gasteiger partial charge on any atom is 0.0354 e. The van der Waals surface area contributed by atoms with Crippen molar-refractivity contribution < 1.29 is 0 Å². The van der Waals surface area contributed by atoms with Gasteiger partial charge in [0.25, 0.3) is 0 Å². The van der Waals surface area contributed by atoms with Gasteiger partial charge in [-0.3, -0.25) is 0 Å². The molecule has 0 saturated carbocycles. The lowest BCUT2D eigenvalue weighted by molar-refractivity contribution is 0.569. The predicted octanol–water partition coefficient (Wildman–Crippen LogP) is 2.90. The summed E-state index contributed by atoms with van der Waals surface area (Å²) in [7, 11) is 1.31. The van der Waals surface area contributed by atoms with Crippen molar-refractivity contribution in [3.05, 3.63) is 10.1 Å². The fourth-order valence-electron chi connectivity index (χ4n) is 1.08. The lowest BCUT2D eigenvalue weighted by Crippen LogP contribution is -2.01. The minimum absolute atomic E-state index is 0.493. The van der Waals surface area contributed by atoms with E-state index in [0.29, 0.717) is 5.92 Å². The molecular weight excluding hydrogens is 195 g/mol. The minimum Gasteiger partial charge on any atom is -0.0879 e. The van der Waals surface area contributed by atoms with Gasteiger partial charge >= 0.3 is 0 Å². The van der Waals surface area contributed by atoms with Crippen molar-refractivity contribution in [1.82, 2.24) is 0 Å². The van der Waals surface area contributed by atoms with Crippen molar-refractivity contribution in [2.45, 2.75) is 32.7 Å². The quantitative estimate of drug-likeness (QED) is 0.540. The van der Waals surface area contributed by atoms with Crippen molar-refractivity contribution in [3.63, 3.8) is 0 Å². The summed E-state index contributed by atoms with van der Waals surface area (Å²) in [6.07, 6.45) is 3.36. The van der Waals surface area contributed by atoms with Crippen LogP contribution in [0.2, 0.25) is 6.55 Å². The van der Waals surface area contributed by atoms with Crippen LogP contribution < -0.4 is 0 Å². The Kier molecular flexibility index (Phi) is 6.40. The second kappa shape index (κ2) is 6.10. The molecule has 3 heteroatoms. The van der Waals surface area contributed by atoms with Crippen LogP contribution in [0.4, 0.5) is 0 Å². The molecule has 0 fully saturated rings. The largest absolute Gasteiger partial charge is 0.0879 e. The summed E-state index contributed by atoms with van der Waals surface area (Å²) < 4.78 is 0. The van der Waals surface area contributed by atoms with Crippen molar-refractivity contribution in [2.24, 2.45) is 5.92 Å². The van der Waals surface area contributed by atoms with Gasteiger partial charge in [0.15, 0.2) is 0 Å². The molecule has 11 heavy (non-hydrogen) atoms. The van der Waals surface area contributed by atoms with Gasteiger partial charge in [-0.2, -0.15) is 0 Å². The average Bonchev–Trinajstić information content (AvgIpc) is 2.04. The first-order valence-electron chi connectivity index (χ1n) is 4.26. The molecule has 1 unspecified atom stereocenters. The van der Waals surface area contributed by atoms with Gasteiger partial charge in [-0.05, 0) is 35.4 Å². The van der Waals surface area contributed by atoms with Crippen LogP contribution in [-0.2, 0) is 0 Å². The predicted molar refractivity (Wildman–Crippen MR) is 57.6 cm³/mol. The van der Waals surface area contributed by atoms with Crippen molar-refractivity contribution in [3.8, 4) is 0 Å². The first-order chi connectivity index (χ1) is 5.22. The topological polar surface area (TPSA) is 0 Å². The van der Waals surface area contributed by atoms with Gasteiger partial charge in [0.2, 0.25) is 0 Å². The van der Waals surface area contributed by atoms with Gasteiger partial charge in [-0.1, -0.05) is 36.7 Å². The lowest BCUT2D eigenvalue weighted by atomic mass is 9.97. The number of rotatable bonds is 0. The molecule has 1 aliphatic carbocycles. The molecule has 0 aromatic rings. The molecular formula is C8H16Cl2Si. The zero-order valence-electron chi connectivity index (χ0n) is 7.45. The van der Waals surface area contributed by atoms with Crippen LogP contribution in [0.3, 0.4) is 0 Å². The molecule has 0 amide bonds. The Balaban J connectivity index is 0.000000461. The standard InChI is InChI=1S/C7H10Cl2.CH6Si/c1-5-3-2-4-6(8)7(5)9;1-2/h5H,2-4H2,1H3;1-2H3. The first kappa shape index (κ1) is 11.5. The molecule has 0 radical (unpaired) electrons. The molecule has 0 bridgehead atoms. The lowest BCUT2D eigenvalue weighted by Gasteiger charge is -2.17. The summed E-state index contributed by atoms with van der Waals surface area (Å²) in [5.74, 6) is 0.493. The summed E-state index contributed by atoms with van der Waals surface area (Å²) in [6, 6.07) is 0. The summed E-state index contributed by atoms with van der Waals surface area (Å²) in [5, 5.41) is 1.75. The SMILES string of the molecule is CC1CCCC(Cl)=C1Cl.C[SiH3]. The second-order valence-corrected chi connectivity index (χ2v) is 3.41.